The van der Waals surface area contributed by atoms with Crippen molar-refractivity contribution in [3.8, 4) is 11.5 Å². The maximum atomic E-state index is 6.46. The van der Waals surface area contributed by atoms with Crippen LogP contribution >= 0.6 is 11.6 Å². The zero-order chi connectivity index (χ0) is 17.8. The molecule has 0 saturated heterocycles. The van der Waals surface area contributed by atoms with Crippen LogP contribution in [0.2, 0.25) is 5.02 Å². The van der Waals surface area contributed by atoms with Crippen LogP contribution in [0.5, 0.6) is 11.5 Å². The van der Waals surface area contributed by atoms with Crippen LogP contribution in [-0.4, -0.2) is 32.5 Å². The Hall–Kier alpha value is -1.39. The summed E-state index contributed by atoms with van der Waals surface area (Å²) in [7, 11) is 1.69. The number of hydrogen-bond acceptors (Lipinski definition) is 4. The quantitative estimate of drug-likeness (QED) is 0.680. The van der Waals surface area contributed by atoms with Crippen LogP contribution in [-0.2, 0) is 4.74 Å². The number of benzene rings is 1. The molecular formula is C20H28ClNO3. The summed E-state index contributed by atoms with van der Waals surface area (Å²) >= 11 is 6.46. The lowest BCUT2D eigenvalue weighted by molar-refractivity contribution is 0.171. The van der Waals surface area contributed by atoms with Gasteiger partial charge in [-0.25, -0.2) is 0 Å². The molecule has 1 aliphatic heterocycles. The highest BCUT2D eigenvalue weighted by molar-refractivity contribution is 6.32. The predicted octanol–water partition coefficient (Wildman–Crippen LogP) is 4.66. The molecule has 1 fully saturated rings. The SMILES string of the molecule is COCCCOc1cc2c(cc1Cl)C(NC1CCC1)=CC(C(C)C)O2. The van der Waals surface area contributed by atoms with Gasteiger partial charge >= 0.3 is 0 Å². The van der Waals surface area contributed by atoms with E-state index >= 15 is 0 Å². The minimum absolute atomic E-state index is 0.0533. The first-order valence-corrected chi connectivity index (χ1v) is 9.57. The van der Waals surface area contributed by atoms with Gasteiger partial charge in [-0.05, 0) is 37.3 Å². The normalized spacial score (nSPS) is 19.7. The minimum Gasteiger partial charge on any atom is -0.492 e. The average molecular weight is 366 g/mol. The molecule has 1 N–H and O–H groups in total. The van der Waals surface area contributed by atoms with Gasteiger partial charge in [0.25, 0.3) is 0 Å². The fourth-order valence-corrected chi connectivity index (χ4v) is 3.22. The zero-order valence-corrected chi connectivity index (χ0v) is 16.1. The van der Waals surface area contributed by atoms with E-state index in [0.717, 1.165) is 23.4 Å². The van der Waals surface area contributed by atoms with Gasteiger partial charge < -0.3 is 19.5 Å². The Morgan fingerprint density at radius 3 is 2.72 bits per heavy atom. The molecule has 1 saturated carbocycles. The third-order valence-corrected chi connectivity index (χ3v) is 5.09. The molecule has 0 radical (unpaired) electrons. The highest BCUT2D eigenvalue weighted by atomic mass is 35.5. The maximum absolute atomic E-state index is 6.46. The van der Waals surface area contributed by atoms with Gasteiger partial charge in [0, 0.05) is 43.5 Å². The van der Waals surface area contributed by atoms with Gasteiger partial charge in [0.05, 0.1) is 11.6 Å². The van der Waals surface area contributed by atoms with Gasteiger partial charge in [-0.15, -0.1) is 0 Å². The topological polar surface area (TPSA) is 39.7 Å². The molecule has 1 aromatic rings. The van der Waals surface area contributed by atoms with Crippen LogP contribution in [0, 0.1) is 5.92 Å². The number of hydrogen-bond donors (Lipinski definition) is 1. The second-order valence-electron chi connectivity index (χ2n) is 7.15. The van der Waals surface area contributed by atoms with Crippen LogP contribution < -0.4 is 14.8 Å². The lowest BCUT2D eigenvalue weighted by Crippen LogP contribution is -2.36. The Balaban J connectivity index is 1.81. The van der Waals surface area contributed by atoms with Crippen molar-refractivity contribution in [3.05, 3.63) is 28.8 Å². The molecule has 25 heavy (non-hydrogen) atoms. The van der Waals surface area contributed by atoms with E-state index in [0.29, 0.717) is 35.9 Å². The standard InChI is InChI=1S/C20H28ClNO3/c1-13(2)18-11-17(22-14-6-4-7-14)15-10-16(21)20(12-19(15)25-18)24-9-5-8-23-3/h10-14,18,22H,4-9H2,1-3H3. The Labute approximate surface area is 155 Å². The second kappa shape index (κ2) is 8.33. The molecule has 1 aromatic carbocycles. The van der Waals surface area contributed by atoms with Gasteiger partial charge in [0.1, 0.15) is 17.6 Å². The summed E-state index contributed by atoms with van der Waals surface area (Å²) in [5.74, 6) is 1.91. The molecule has 0 spiro atoms. The zero-order valence-electron chi connectivity index (χ0n) is 15.3. The first kappa shape index (κ1) is 18.4. The van der Waals surface area contributed by atoms with E-state index in [2.05, 4.69) is 25.2 Å². The van der Waals surface area contributed by atoms with Gasteiger partial charge in [-0.1, -0.05) is 25.4 Å². The smallest absolute Gasteiger partial charge is 0.141 e. The number of ether oxygens (including phenoxy) is 3. The van der Waals surface area contributed by atoms with Gasteiger partial charge in [-0.2, -0.15) is 0 Å². The lowest BCUT2D eigenvalue weighted by Gasteiger charge is -2.34. The van der Waals surface area contributed by atoms with E-state index in [9.17, 15) is 0 Å². The van der Waals surface area contributed by atoms with Gasteiger partial charge in [0.2, 0.25) is 0 Å². The fourth-order valence-electron chi connectivity index (χ4n) is 3.00. The van der Waals surface area contributed by atoms with E-state index in [1.165, 1.54) is 19.3 Å². The van der Waals surface area contributed by atoms with Crippen LogP contribution in [0.25, 0.3) is 5.70 Å². The number of nitrogens with one attached hydrogen (secondary N) is 1. The van der Waals surface area contributed by atoms with Crippen LogP contribution in [0.4, 0.5) is 0 Å². The molecular weight excluding hydrogens is 338 g/mol. The summed E-state index contributed by atoms with van der Waals surface area (Å²) in [5.41, 5.74) is 2.16. The number of halogens is 1. The van der Waals surface area contributed by atoms with Crippen molar-refractivity contribution >= 4 is 17.3 Å². The van der Waals surface area contributed by atoms with Gasteiger partial charge in [-0.3, -0.25) is 0 Å². The molecule has 0 amide bonds. The van der Waals surface area contributed by atoms with Crippen molar-refractivity contribution in [2.24, 2.45) is 5.92 Å². The van der Waals surface area contributed by atoms with E-state index in [1.807, 2.05) is 12.1 Å². The van der Waals surface area contributed by atoms with E-state index < -0.39 is 0 Å². The van der Waals surface area contributed by atoms with Crippen molar-refractivity contribution in [1.29, 1.82) is 0 Å². The van der Waals surface area contributed by atoms with Crippen LogP contribution in [0.3, 0.4) is 0 Å². The van der Waals surface area contributed by atoms with Crippen molar-refractivity contribution < 1.29 is 14.2 Å². The van der Waals surface area contributed by atoms with Crippen LogP contribution in [0.15, 0.2) is 18.2 Å². The molecule has 1 unspecified atom stereocenters. The second-order valence-corrected chi connectivity index (χ2v) is 7.56. The van der Waals surface area contributed by atoms with Gasteiger partial charge in [0.15, 0.2) is 0 Å². The first-order chi connectivity index (χ1) is 12.1. The average Bonchev–Trinajstić information content (AvgIpc) is 2.55. The monoisotopic (exact) mass is 365 g/mol. The third-order valence-electron chi connectivity index (χ3n) is 4.79. The molecule has 0 bridgehead atoms. The molecule has 5 heteroatoms. The lowest BCUT2D eigenvalue weighted by atomic mass is 9.91. The largest absolute Gasteiger partial charge is 0.492 e. The highest BCUT2D eigenvalue weighted by Crippen LogP contribution is 2.40. The molecule has 3 rings (SSSR count). The summed E-state index contributed by atoms with van der Waals surface area (Å²) in [6.45, 7) is 5.59. The van der Waals surface area contributed by atoms with Crippen molar-refractivity contribution in [1.82, 2.24) is 5.32 Å². The molecule has 4 nitrogen and oxygen atoms in total. The number of methoxy groups -OCH3 is 1. The third kappa shape index (κ3) is 4.42. The Morgan fingerprint density at radius 1 is 1.28 bits per heavy atom. The molecule has 2 aliphatic rings. The van der Waals surface area contributed by atoms with E-state index in [-0.39, 0.29) is 6.10 Å². The summed E-state index contributed by atoms with van der Waals surface area (Å²) < 4.78 is 17.1. The van der Waals surface area contributed by atoms with Crippen molar-refractivity contribution in [2.45, 2.75) is 51.7 Å². The number of fused-ring (bicyclic) bond motifs is 1. The Bertz CT molecular complexity index is 626. The fraction of sp³-hybridized carbons (Fsp3) is 0.600. The summed E-state index contributed by atoms with van der Waals surface area (Å²) in [6.07, 6.45) is 6.84. The Morgan fingerprint density at radius 2 is 2.08 bits per heavy atom. The van der Waals surface area contributed by atoms with E-state index in [1.54, 1.807) is 7.11 Å². The highest BCUT2D eigenvalue weighted by Gasteiger charge is 2.27. The molecule has 138 valence electrons. The molecule has 1 heterocycles. The molecule has 0 aromatic heterocycles. The van der Waals surface area contributed by atoms with Crippen molar-refractivity contribution in [2.75, 3.05) is 20.3 Å². The first-order valence-electron chi connectivity index (χ1n) is 9.19. The summed E-state index contributed by atoms with van der Waals surface area (Å²) in [4.78, 5) is 0. The maximum Gasteiger partial charge on any atom is 0.141 e. The Kier molecular flexibility index (Phi) is 6.13. The van der Waals surface area contributed by atoms with Crippen molar-refractivity contribution in [3.63, 3.8) is 0 Å². The van der Waals surface area contributed by atoms with E-state index in [4.69, 9.17) is 25.8 Å². The predicted molar refractivity (Wildman–Crippen MR) is 101 cm³/mol. The summed E-state index contributed by atoms with van der Waals surface area (Å²) in [6, 6.07) is 4.44. The van der Waals surface area contributed by atoms with Crippen LogP contribution in [0.1, 0.15) is 45.1 Å². The number of rotatable bonds is 8. The minimum atomic E-state index is 0.0533. The summed E-state index contributed by atoms with van der Waals surface area (Å²) in [5, 5.41) is 4.28. The molecule has 1 atom stereocenters. The molecule has 1 aliphatic carbocycles.